The summed E-state index contributed by atoms with van der Waals surface area (Å²) in [7, 11) is 1.94. The Balaban J connectivity index is 2.75. The number of rotatable bonds is 2. The number of nitrogens with one attached hydrogen (secondary N) is 1. The lowest BCUT2D eigenvalue weighted by Crippen LogP contribution is -2.04. The number of aryl methyl sites for hydroxylation is 1. The first-order chi connectivity index (χ1) is 4.83. The van der Waals surface area contributed by atoms with Gasteiger partial charge in [0.25, 0.3) is 0 Å². The van der Waals surface area contributed by atoms with Crippen LogP contribution in [0.5, 0.6) is 0 Å². The van der Waals surface area contributed by atoms with Crippen LogP contribution in [0, 0.1) is 13.0 Å². The van der Waals surface area contributed by atoms with E-state index in [9.17, 15) is 0 Å². The predicted octanol–water partition coefficient (Wildman–Crippen LogP) is 1.51. The first-order valence-corrected chi connectivity index (χ1v) is 3.45. The van der Waals surface area contributed by atoms with Crippen molar-refractivity contribution in [3.63, 3.8) is 0 Å². The smallest absolute Gasteiger partial charge is 0.0208 e. The van der Waals surface area contributed by atoms with E-state index in [0.29, 0.717) is 0 Å². The molecule has 1 aromatic carbocycles. The van der Waals surface area contributed by atoms with Crippen LogP contribution in [0.15, 0.2) is 18.2 Å². The molecule has 0 amide bonds. The van der Waals surface area contributed by atoms with Gasteiger partial charge in [-0.25, -0.2) is 0 Å². The molecule has 0 spiro atoms. The Bertz CT molecular complexity index is 206. The SMILES string of the molecule is CNCc1[c]c(C)ccc1. The standard InChI is InChI=1S/C9H12N/c1-8-4-3-5-9(6-8)7-10-2/h3-5,10H,7H2,1-2H3. The van der Waals surface area contributed by atoms with Crippen LogP contribution in [0.3, 0.4) is 0 Å². The van der Waals surface area contributed by atoms with E-state index >= 15 is 0 Å². The van der Waals surface area contributed by atoms with E-state index in [4.69, 9.17) is 0 Å². The van der Waals surface area contributed by atoms with Crippen molar-refractivity contribution in [1.82, 2.24) is 5.32 Å². The first-order valence-electron chi connectivity index (χ1n) is 3.45. The highest BCUT2D eigenvalue weighted by molar-refractivity contribution is 5.20. The fourth-order valence-electron chi connectivity index (χ4n) is 0.939. The van der Waals surface area contributed by atoms with Crippen LogP contribution in [0.4, 0.5) is 0 Å². The molecule has 0 aliphatic rings. The van der Waals surface area contributed by atoms with Crippen molar-refractivity contribution >= 4 is 0 Å². The maximum absolute atomic E-state index is 3.25. The zero-order valence-electron chi connectivity index (χ0n) is 6.44. The topological polar surface area (TPSA) is 12.0 Å². The van der Waals surface area contributed by atoms with E-state index in [2.05, 4.69) is 36.5 Å². The molecule has 0 saturated carbocycles. The van der Waals surface area contributed by atoms with E-state index in [0.717, 1.165) is 6.54 Å². The van der Waals surface area contributed by atoms with Gasteiger partial charge in [-0.2, -0.15) is 0 Å². The zero-order chi connectivity index (χ0) is 7.40. The molecule has 0 unspecified atom stereocenters. The van der Waals surface area contributed by atoms with E-state index in [1.165, 1.54) is 11.1 Å². The zero-order valence-corrected chi connectivity index (χ0v) is 6.44. The third-order valence-electron chi connectivity index (χ3n) is 1.37. The number of hydrogen-bond acceptors (Lipinski definition) is 1. The minimum Gasteiger partial charge on any atom is -0.316 e. The minimum atomic E-state index is 0.904. The van der Waals surface area contributed by atoms with E-state index in [1.54, 1.807) is 0 Å². The van der Waals surface area contributed by atoms with Gasteiger partial charge >= 0.3 is 0 Å². The molecule has 0 aliphatic heterocycles. The Labute approximate surface area is 62.1 Å². The molecule has 1 aromatic rings. The minimum absolute atomic E-state index is 0.904. The second kappa shape index (κ2) is 3.37. The highest BCUT2D eigenvalue weighted by Gasteiger charge is 1.89. The Morgan fingerprint density at radius 2 is 2.30 bits per heavy atom. The monoisotopic (exact) mass is 134 g/mol. The molecule has 1 heteroatoms. The molecule has 53 valence electrons. The van der Waals surface area contributed by atoms with Gasteiger partial charge in [0.2, 0.25) is 0 Å². The Morgan fingerprint density at radius 3 is 2.90 bits per heavy atom. The summed E-state index contributed by atoms with van der Waals surface area (Å²) < 4.78 is 0. The van der Waals surface area contributed by atoms with Gasteiger partial charge in [0.15, 0.2) is 0 Å². The molecule has 0 fully saturated rings. The van der Waals surface area contributed by atoms with Crippen LogP contribution >= 0.6 is 0 Å². The van der Waals surface area contributed by atoms with Crippen LogP contribution in [0.1, 0.15) is 11.1 Å². The van der Waals surface area contributed by atoms with Gasteiger partial charge in [0.1, 0.15) is 0 Å². The van der Waals surface area contributed by atoms with Gasteiger partial charge in [-0.15, -0.1) is 0 Å². The lowest BCUT2D eigenvalue weighted by Gasteiger charge is -1.98. The van der Waals surface area contributed by atoms with Gasteiger partial charge in [-0.05, 0) is 31.2 Å². The Kier molecular flexibility index (Phi) is 2.46. The fraction of sp³-hybridized carbons (Fsp3) is 0.333. The van der Waals surface area contributed by atoms with Crippen LogP contribution in [-0.4, -0.2) is 7.05 Å². The molecule has 10 heavy (non-hydrogen) atoms. The number of hydrogen-bond donors (Lipinski definition) is 1. The third-order valence-corrected chi connectivity index (χ3v) is 1.37. The molecule has 0 saturated heterocycles. The second-order valence-corrected chi connectivity index (χ2v) is 2.39. The van der Waals surface area contributed by atoms with Crippen molar-refractivity contribution < 1.29 is 0 Å². The van der Waals surface area contributed by atoms with Crippen molar-refractivity contribution in [2.45, 2.75) is 13.5 Å². The quantitative estimate of drug-likeness (QED) is 0.646. The maximum atomic E-state index is 3.25. The molecule has 1 rings (SSSR count). The molecule has 1 nitrogen and oxygen atoms in total. The van der Waals surface area contributed by atoms with Crippen LogP contribution in [0.2, 0.25) is 0 Å². The summed E-state index contributed by atoms with van der Waals surface area (Å²) in [6.07, 6.45) is 0. The Morgan fingerprint density at radius 1 is 1.50 bits per heavy atom. The summed E-state index contributed by atoms with van der Waals surface area (Å²) in [5, 5.41) is 3.08. The van der Waals surface area contributed by atoms with Crippen LogP contribution in [0.25, 0.3) is 0 Å². The summed E-state index contributed by atoms with van der Waals surface area (Å²) in [5.41, 5.74) is 2.43. The van der Waals surface area contributed by atoms with Gasteiger partial charge < -0.3 is 5.32 Å². The van der Waals surface area contributed by atoms with Gasteiger partial charge in [-0.3, -0.25) is 0 Å². The molecule has 1 radical (unpaired) electrons. The van der Waals surface area contributed by atoms with E-state index < -0.39 is 0 Å². The third kappa shape index (κ3) is 1.85. The predicted molar refractivity (Wildman–Crippen MR) is 42.8 cm³/mol. The average molecular weight is 134 g/mol. The molecular formula is C9H12N. The number of benzene rings is 1. The van der Waals surface area contributed by atoms with E-state index in [1.807, 2.05) is 7.05 Å². The lowest BCUT2D eigenvalue weighted by molar-refractivity contribution is 0.816. The summed E-state index contributed by atoms with van der Waals surface area (Å²) in [6.45, 7) is 2.96. The van der Waals surface area contributed by atoms with Crippen molar-refractivity contribution in [1.29, 1.82) is 0 Å². The summed E-state index contributed by atoms with van der Waals surface area (Å²) in [6, 6.07) is 9.43. The van der Waals surface area contributed by atoms with Crippen molar-refractivity contribution in [3.05, 3.63) is 35.4 Å². The molecule has 0 aromatic heterocycles. The molecule has 0 aliphatic carbocycles. The first kappa shape index (κ1) is 7.29. The van der Waals surface area contributed by atoms with Crippen molar-refractivity contribution in [2.75, 3.05) is 7.05 Å². The Hall–Kier alpha value is -0.820. The molecule has 1 N–H and O–H groups in total. The summed E-state index contributed by atoms with van der Waals surface area (Å²) in [4.78, 5) is 0. The second-order valence-electron chi connectivity index (χ2n) is 2.39. The van der Waals surface area contributed by atoms with Crippen molar-refractivity contribution in [3.8, 4) is 0 Å². The molecule has 0 heterocycles. The van der Waals surface area contributed by atoms with E-state index in [-0.39, 0.29) is 0 Å². The highest BCUT2D eigenvalue weighted by atomic mass is 14.8. The van der Waals surface area contributed by atoms with Gasteiger partial charge in [0, 0.05) is 6.54 Å². The normalized spacial score (nSPS) is 9.80. The molecule has 0 bridgehead atoms. The average Bonchev–Trinajstić information content (AvgIpc) is 1.88. The van der Waals surface area contributed by atoms with Gasteiger partial charge in [-0.1, -0.05) is 18.2 Å². The summed E-state index contributed by atoms with van der Waals surface area (Å²) >= 11 is 0. The molecular weight excluding hydrogens is 122 g/mol. The lowest BCUT2D eigenvalue weighted by atomic mass is 10.1. The van der Waals surface area contributed by atoms with Crippen LogP contribution in [-0.2, 0) is 6.54 Å². The van der Waals surface area contributed by atoms with Crippen LogP contribution < -0.4 is 5.32 Å². The van der Waals surface area contributed by atoms with Crippen molar-refractivity contribution in [2.24, 2.45) is 0 Å². The fourth-order valence-corrected chi connectivity index (χ4v) is 0.939. The van der Waals surface area contributed by atoms with Gasteiger partial charge in [0.05, 0.1) is 0 Å². The molecule has 0 atom stereocenters. The maximum Gasteiger partial charge on any atom is 0.0208 e. The highest BCUT2D eigenvalue weighted by Crippen LogP contribution is 2.01. The largest absolute Gasteiger partial charge is 0.316 e. The summed E-state index contributed by atoms with van der Waals surface area (Å²) in [5.74, 6) is 0.